The summed E-state index contributed by atoms with van der Waals surface area (Å²) in [5, 5.41) is 0. The summed E-state index contributed by atoms with van der Waals surface area (Å²) in [4.78, 5) is 11.5. The van der Waals surface area contributed by atoms with Gasteiger partial charge in [0.25, 0.3) is 0 Å². The van der Waals surface area contributed by atoms with E-state index < -0.39 is 24.7 Å². The highest BCUT2D eigenvalue weighted by Gasteiger charge is 2.27. The number of ether oxygens (including phenoxy) is 2. The number of benzene rings is 2. The molecule has 0 aromatic heterocycles. The second-order valence-corrected chi connectivity index (χ2v) is 6.60. The highest BCUT2D eigenvalue weighted by Crippen LogP contribution is 2.30. The third-order valence-electron chi connectivity index (χ3n) is 3.72. The minimum Gasteiger partial charge on any atom is -0.486 e. The number of carbonyl (C=O) groups excluding carboxylic acids is 1. The first-order valence-corrected chi connectivity index (χ1v) is 8.75. The van der Waals surface area contributed by atoms with Gasteiger partial charge in [0.1, 0.15) is 11.9 Å². The number of halogens is 4. The average Bonchev–Trinajstić information content (AvgIpc) is 2.61. The van der Waals surface area contributed by atoms with E-state index in [1.165, 1.54) is 7.11 Å². The lowest BCUT2D eigenvalue weighted by Crippen LogP contribution is -2.12. The van der Waals surface area contributed by atoms with Crippen molar-refractivity contribution in [3.8, 4) is 5.75 Å². The van der Waals surface area contributed by atoms with Gasteiger partial charge in [0.2, 0.25) is 0 Å². The van der Waals surface area contributed by atoms with Crippen molar-refractivity contribution in [1.82, 2.24) is 0 Å². The quantitative estimate of drug-likeness (QED) is 0.498. The Balaban J connectivity index is 2.15. The summed E-state index contributed by atoms with van der Waals surface area (Å²) in [6, 6.07) is 13.6. The van der Waals surface area contributed by atoms with Gasteiger partial charge in [0.15, 0.2) is 0 Å². The molecule has 0 amide bonds. The van der Waals surface area contributed by atoms with Gasteiger partial charge in [-0.1, -0.05) is 28.1 Å². The van der Waals surface area contributed by atoms with Gasteiger partial charge in [-0.05, 0) is 54.8 Å². The van der Waals surface area contributed by atoms with Crippen LogP contribution in [-0.4, -0.2) is 19.3 Å². The number of methoxy groups -OCH3 is 1. The van der Waals surface area contributed by atoms with Crippen molar-refractivity contribution < 1.29 is 27.4 Å². The fourth-order valence-corrected chi connectivity index (χ4v) is 2.68. The number of hydrogen-bond donors (Lipinski definition) is 0. The maximum Gasteiger partial charge on any atom is 0.389 e. The van der Waals surface area contributed by atoms with Crippen molar-refractivity contribution in [1.29, 1.82) is 0 Å². The van der Waals surface area contributed by atoms with E-state index in [1.807, 2.05) is 0 Å². The fraction of sp³-hybridized carbons (Fsp3) is 0.316. The van der Waals surface area contributed by atoms with Crippen LogP contribution in [0.1, 0.15) is 41.3 Å². The lowest BCUT2D eigenvalue weighted by Gasteiger charge is -2.20. The van der Waals surface area contributed by atoms with Crippen molar-refractivity contribution in [3.63, 3.8) is 0 Å². The smallest absolute Gasteiger partial charge is 0.389 e. The van der Waals surface area contributed by atoms with E-state index >= 15 is 0 Å². The molecule has 0 bridgehead atoms. The molecule has 0 saturated heterocycles. The Hall–Kier alpha value is -2.02. The van der Waals surface area contributed by atoms with Crippen LogP contribution in [0.15, 0.2) is 53.0 Å². The molecule has 0 radical (unpaired) electrons. The van der Waals surface area contributed by atoms with Crippen LogP contribution in [0.3, 0.4) is 0 Å². The van der Waals surface area contributed by atoms with Crippen molar-refractivity contribution in [2.24, 2.45) is 0 Å². The molecule has 0 aliphatic heterocycles. The summed E-state index contributed by atoms with van der Waals surface area (Å²) in [7, 11) is 1.28. The molecule has 0 fully saturated rings. The van der Waals surface area contributed by atoms with Gasteiger partial charge in [-0.3, -0.25) is 0 Å². The second-order valence-electron chi connectivity index (χ2n) is 5.68. The minimum atomic E-state index is -4.20. The highest BCUT2D eigenvalue weighted by molar-refractivity contribution is 9.10. The van der Waals surface area contributed by atoms with Crippen LogP contribution in [0.5, 0.6) is 5.75 Å². The molecule has 1 atom stereocenters. The van der Waals surface area contributed by atoms with E-state index in [2.05, 4.69) is 20.7 Å². The monoisotopic (exact) mass is 430 g/mol. The van der Waals surface area contributed by atoms with Gasteiger partial charge >= 0.3 is 12.1 Å². The van der Waals surface area contributed by atoms with Gasteiger partial charge < -0.3 is 9.47 Å². The summed E-state index contributed by atoms with van der Waals surface area (Å²) >= 11 is 3.32. The van der Waals surface area contributed by atoms with Gasteiger partial charge in [0, 0.05) is 10.9 Å². The molecule has 7 heteroatoms. The number of rotatable bonds is 7. The Morgan fingerprint density at radius 2 is 1.69 bits per heavy atom. The lowest BCUT2D eigenvalue weighted by molar-refractivity contribution is -0.136. The maximum atomic E-state index is 12.5. The Labute approximate surface area is 158 Å². The van der Waals surface area contributed by atoms with Crippen molar-refractivity contribution in [3.05, 3.63) is 64.1 Å². The van der Waals surface area contributed by atoms with Gasteiger partial charge in [-0.15, -0.1) is 0 Å². The maximum absolute atomic E-state index is 12.5. The van der Waals surface area contributed by atoms with E-state index in [0.29, 0.717) is 16.9 Å². The van der Waals surface area contributed by atoms with Gasteiger partial charge in [-0.25, -0.2) is 4.79 Å². The molecule has 26 heavy (non-hydrogen) atoms. The molecule has 2 aromatic rings. The summed E-state index contributed by atoms with van der Waals surface area (Å²) in [5.74, 6) is 0.0845. The number of carbonyl (C=O) groups is 1. The van der Waals surface area contributed by atoms with Crippen LogP contribution < -0.4 is 4.74 Å². The molecular weight excluding hydrogens is 413 g/mol. The standard InChI is InChI=1S/C19H18BrF3O3/c1-25-18(24)14-6-4-13(5-7-14)17(3-2-12-19(21,22)23)26-16-10-8-15(20)9-11-16/h4-11,17H,2-3,12H2,1H3. The predicted molar refractivity (Wildman–Crippen MR) is 95.2 cm³/mol. The Bertz CT molecular complexity index is 712. The van der Waals surface area contributed by atoms with E-state index in [4.69, 9.17) is 4.74 Å². The topological polar surface area (TPSA) is 35.5 Å². The van der Waals surface area contributed by atoms with Crippen LogP contribution in [-0.2, 0) is 4.74 Å². The summed E-state index contributed by atoms with van der Waals surface area (Å²) in [6.07, 6.45) is -5.47. The van der Waals surface area contributed by atoms with Crippen molar-refractivity contribution in [2.45, 2.75) is 31.5 Å². The molecule has 140 valence electrons. The zero-order valence-electron chi connectivity index (χ0n) is 14.1. The summed E-state index contributed by atoms with van der Waals surface area (Å²) < 4.78 is 48.8. The molecule has 0 N–H and O–H groups in total. The summed E-state index contributed by atoms with van der Waals surface area (Å²) in [6.45, 7) is 0. The molecule has 0 aliphatic carbocycles. The van der Waals surface area contributed by atoms with E-state index in [-0.39, 0.29) is 12.8 Å². The predicted octanol–water partition coefficient (Wildman–Crippen LogP) is 6.09. The van der Waals surface area contributed by atoms with Crippen LogP contribution in [0.4, 0.5) is 13.2 Å². The zero-order chi connectivity index (χ0) is 19.2. The third-order valence-corrected chi connectivity index (χ3v) is 4.25. The highest BCUT2D eigenvalue weighted by atomic mass is 79.9. The number of hydrogen-bond acceptors (Lipinski definition) is 3. The zero-order valence-corrected chi connectivity index (χ0v) is 15.6. The first kappa shape index (κ1) is 20.3. The average molecular weight is 431 g/mol. The Morgan fingerprint density at radius 3 is 2.23 bits per heavy atom. The van der Waals surface area contributed by atoms with E-state index in [0.717, 1.165) is 4.47 Å². The molecule has 0 heterocycles. The first-order chi connectivity index (χ1) is 12.3. The molecule has 1 unspecified atom stereocenters. The van der Waals surface area contributed by atoms with Crippen LogP contribution in [0, 0.1) is 0 Å². The van der Waals surface area contributed by atoms with Crippen molar-refractivity contribution >= 4 is 21.9 Å². The number of alkyl halides is 3. The first-order valence-electron chi connectivity index (χ1n) is 7.96. The van der Waals surface area contributed by atoms with E-state index in [1.54, 1.807) is 48.5 Å². The van der Waals surface area contributed by atoms with Crippen molar-refractivity contribution in [2.75, 3.05) is 7.11 Å². The van der Waals surface area contributed by atoms with E-state index in [9.17, 15) is 18.0 Å². The molecule has 2 rings (SSSR count). The molecular formula is C19H18BrF3O3. The molecule has 0 aliphatic rings. The van der Waals surface area contributed by atoms with Crippen LogP contribution in [0.25, 0.3) is 0 Å². The second kappa shape index (κ2) is 9.07. The molecule has 0 saturated carbocycles. The molecule has 2 aromatic carbocycles. The molecule has 0 spiro atoms. The van der Waals surface area contributed by atoms with Crippen LogP contribution in [0.2, 0.25) is 0 Å². The summed E-state index contributed by atoms with van der Waals surface area (Å²) in [5.41, 5.74) is 1.07. The Morgan fingerprint density at radius 1 is 1.08 bits per heavy atom. The SMILES string of the molecule is COC(=O)c1ccc(C(CCCC(F)(F)F)Oc2ccc(Br)cc2)cc1. The molecule has 3 nitrogen and oxygen atoms in total. The Kier molecular flexibility index (Phi) is 7.08. The normalized spacial score (nSPS) is 12.5. The minimum absolute atomic E-state index is 0.0521. The fourth-order valence-electron chi connectivity index (χ4n) is 2.41. The van der Waals surface area contributed by atoms with Gasteiger partial charge in [-0.2, -0.15) is 13.2 Å². The van der Waals surface area contributed by atoms with Gasteiger partial charge in [0.05, 0.1) is 12.7 Å². The third kappa shape index (κ3) is 6.37. The largest absolute Gasteiger partial charge is 0.486 e. The van der Waals surface area contributed by atoms with Crippen LogP contribution >= 0.6 is 15.9 Å². The number of esters is 1. The lowest BCUT2D eigenvalue weighted by atomic mass is 10.0.